The van der Waals surface area contributed by atoms with E-state index < -0.39 is 5.60 Å². The van der Waals surface area contributed by atoms with Gasteiger partial charge in [-0.1, -0.05) is 0 Å². The highest BCUT2D eigenvalue weighted by atomic mass is 16.6. The number of hydrogen-bond acceptors (Lipinski definition) is 5. The van der Waals surface area contributed by atoms with E-state index >= 15 is 0 Å². The molecule has 2 aliphatic rings. The molecule has 0 N–H and O–H groups in total. The van der Waals surface area contributed by atoms with Gasteiger partial charge in [0.05, 0.1) is 6.54 Å². The Labute approximate surface area is 142 Å². The average Bonchev–Trinajstić information content (AvgIpc) is 3.25. The average molecular weight is 336 g/mol. The summed E-state index contributed by atoms with van der Waals surface area (Å²) < 4.78 is 8.74. The van der Waals surface area contributed by atoms with Crippen LogP contribution < -0.4 is 5.69 Å². The summed E-state index contributed by atoms with van der Waals surface area (Å²) in [5.74, 6) is 1.06. The Morgan fingerprint density at radius 1 is 1.21 bits per heavy atom. The molecule has 0 radical (unpaired) electrons. The van der Waals surface area contributed by atoms with Crippen LogP contribution in [0.15, 0.2) is 4.79 Å². The van der Waals surface area contributed by atoms with E-state index in [1.807, 2.05) is 25.3 Å². The molecule has 0 spiro atoms. The number of rotatable bonds is 4. The maximum absolute atomic E-state index is 12.2. The van der Waals surface area contributed by atoms with Gasteiger partial charge in [0.25, 0.3) is 0 Å². The van der Waals surface area contributed by atoms with Crippen LogP contribution in [0.5, 0.6) is 0 Å². The van der Waals surface area contributed by atoms with Gasteiger partial charge in [-0.3, -0.25) is 14.3 Å². The maximum Gasteiger partial charge on any atom is 0.345 e. The third-order valence-corrected chi connectivity index (χ3v) is 4.62. The normalized spacial score (nSPS) is 20.3. The summed E-state index contributed by atoms with van der Waals surface area (Å²) in [7, 11) is 1.72. The number of likely N-dealkylation sites (tertiary alicyclic amines) is 1. The van der Waals surface area contributed by atoms with Crippen LogP contribution >= 0.6 is 0 Å². The van der Waals surface area contributed by atoms with Crippen molar-refractivity contribution in [1.82, 2.24) is 19.2 Å². The monoisotopic (exact) mass is 336 g/mol. The highest BCUT2D eigenvalue weighted by molar-refractivity contribution is 5.72. The molecule has 1 aromatic rings. The molecule has 1 saturated carbocycles. The third-order valence-electron chi connectivity index (χ3n) is 4.62. The number of carbonyl (C=O) groups excluding carboxylic acids is 1. The molecule has 1 aliphatic carbocycles. The first kappa shape index (κ1) is 17.2. The van der Waals surface area contributed by atoms with Gasteiger partial charge in [0.2, 0.25) is 0 Å². The van der Waals surface area contributed by atoms with E-state index in [2.05, 4.69) is 10.00 Å². The van der Waals surface area contributed by atoms with E-state index in [1.165, 1.54) is 4.68 Å². The lowest BCUT2D eigenvalue weighted by Crippen LogP contribution is -2.39. The predicted octanol–water partition coefficient (Wildman–Crippen LogP) is 1.44. The minimum absolute atomic E-state index is 0.00341. The summed E-state index contributed by atoms with van der Waals surface area (Å²) in [5, 5.41) is 4.49. The Morgan fingerprint density at radius 3 is 2.38 bits per heavy atom. The molecule has 0 amide bonds. The van der Waals surface area contributed by atoms with E-state index in [9.17, 15) is 9.59 Å². The van der Waals surface area contributed by atoms with Crippen molar-refractivity contribution >= 4 is 5.97 Å². The fourth-order valence-corrected chi connectivity index (χ4v) is 3.36. The largest absolute Gasteiger partial charge is 0.459 e. The van der Waals surface area contributed by atoms with Crippen molar-refractivity contribution in [1.29, 1.82) is 0 Å². The minimum atomic E-state index is -0.441. The Kier molecular flexibility index (Phi) is 4.55. The van der Waals surface area contributed by atoms with E-state index in [4.69, 9.17) is 4.74 Å². The van der Waals surface area contributed by atoms with Gasteiger partial charge in [-0.15, -0.1) is 0 Å². The Balaban J connectivity index is 1.59. The van der Waals surface area contributed by atoms with E-state index in [1.54, 1.807) is 7.05 Å². The van der Waals surface area contributed by atoms with Crippen LogP contribution in [-0.4, -0.2) is 50.5 Å². The van der Waals surface area contributed by atoms with Crippen LogP contribution in [0.2, 0.25) is 0 Å². The highest BCUT2D eigenvalue weighted by Gasteiger charge is 2.34. The molecule has 0 aromatic carbocycles. The molecule has 1 aliphatic heterocycles. The van der Waals surface area contributed by atoms with Crippen molar-refractivity contribution in [3.8, 4) is 0 Å². The number of esters is 1. The first-order valence-corrected chi connectivity index (χ1v) is 8.84. The molecule has 134 valence electrons. The summed E-state index contributed by atoms with van der Waals surface area (Å²) in [6, 6.07) is 0.348. The van der Waals surface area contributed by atoms with Crippen LogP contribution in [0.3, 0.4) is 0 Å². The number of aromatic nitrogens is 3. The molecular formula is C17H28N4O3. The van der Waals surface area contributed by atoms with Crippen molar-refractivity contribution in [3.63, 3.8) is 0 Å². The smallest absolute Gasteiger partial charge is 0.345 e. The Morgan fingerprint density at radius 2 is 1.83 bits per heavy atom. The quantitative estimate of drug-likeness (QED) is 0.778. The number of carbonyl (C=O) groups is 1. The molecule has 0 bridgehead atoms. The molecule has 2 fully saturated rings. The molecule has 1 saturated heterocycles. The summed E-state index contributed by atoms with van der Waals surface area (Å²) in [5.41, 5.74) is -0.437. The first-order chi connectivity index (χ1) is 11.2. The van der Waals surface area contributed by atoms with Crippen LogP contribution in [0, 0.1) is 0 Å². The predicted molar refractivity (Wildman–Crippen MR) is 90.0 cm³/mol. The zero-order valence-corrected chi connectivity index (χ0v) is 15.1. The molecule has 3 rings (SSSR count). The standard InChI is InChI=1S/C17H28N4O3/c1-17(2,3)24-14(22)11-20-9-7-12(8-10-20)15-18-19(4)16(23)21(15)13-5-6-13/h12-13H,5-11H2,1-4H3. The Hall–Kier alpha value is -1.63. The number of ether oxygens (including phenoxy) is 1. The first-order valence-electron chi connectivity index (χ1n) is 8.84. The lowest BCUT2D eigenvalue weighted by atomic mass is 9.96. The number of aryl methyl sites for hydroxylation is 1. The lowest BCUT2D eigenvalue weighted by Gasteiger charge is -2.31. The van der Waals surface area contributed by atoms with Crippen LogP contribution in [0.4, 0.5) is 0 Å². The lowest BCUT2D eigenvalue weighted by molar-refractivity contribution is -0.156. The van der Waals surface area contributed by atoms with Crippen LogP contribution in [0.25, 0.3) is 0 Å². The van der Waals surface area contributed by atoms with Gasteiger partial charge in [0, 0.05) is 19.0 Å². The van der Waals surface area contributed by atoms with Gasteiger partial charge in [-0.25, -0.2) is 9.48 Å². The van der Waals surface area contributed by atoms with Gasteiger partial charge in [0.1, 0.15) is 11.4 Å². The van der Waals surface area contributed by atoms with Crippen molar-refractivity contribution < 1.29 is 9.53 Å². The van der Waals surface area contributed by atoms with E-state index in [0.29, 0.717) is 18.5 Å². The van der Waals surface area contributed by atoms with Crippen molar-refractivity contribution in [2.45, 2.75) is 64.0 Å². The summed E-state index contributed by atoms with van der Waals surface area (Å²) in [6.45, 7) is 7.65. The maximum atomic E-state index is 12.2. The van der Waals surface area contributed by atoms with Gasteiger partial charge >= 0.3 is 11.7 Å². The molecule has 1 aromatic heterocycles. The third kappa shape index (κ3) is 3.88. The second kappa shape index (κ2) is 6.35. The SMILES string of the molecule is Cn1nc(C2CCN(CC(=O)OC(C)(C)C)CC2)n(C2CC2)c1=O. The number of piperidine rings is 1. The van der Waals surface area contributed by atoms with Crippen molar-refractivity contribution in [3.05, 3.63) is 16.3 Å². The fourth-order valence-electron chi connectivity index (χ4n) is 3.36. The summed E-state index contributed by atoms with van der Waals surface area (Å²) in [6.07, 6.45) is 4.00. The number of hydrogen-bond donors (Lipinski definition) is 0. The second-order valence-electron chi connectivity index (χ2n) is 8.00. The topological polar surface area (TPSA) is 69.4 Å². The van der Waals surface area contributed by atoms with Gasteiger partial charge in [-0.05, 0) is 59.5 Å². The van der Waals surface area contributed by atoms with E-state index in [-0.39, 0.29) is 11.7 Å². The zero-order valence-electron chi connectivity index (χ0n) is 15.1. The molecular weight excluding hydrogens is 308 g/mol. The molecule has 7 heteroatoms. The van der Waals surface area contributed by atoms with Gasteiger partial charge in [-0.2, -0.15) is 5.10 Å². The summed E-state index contributed by atoms with van der Waals surface area (Å²) in [4.78, 5) is 26.3. The highest BCUT2D eigenvalue weighted by Crippen LogP contribution is 2.37. The molecule has 0 unspecified atom stereocenters. The second-order valence-corrected chi connectivity index (χ2v) is 8.00. The summed E-state index contributed by atoms with van der Waals surface area (Å²) >= 11 is 0. The van der Waals surface area contributed by atoms with Crippen LogP contribution in [-0.2, 0) is 16.6 Å². The molecule has 0 atom stereocenters. The molecule has 24 heavy (non-hydrogen) atoms. The van der Waals surface area contributed by atoms with Gasteiger partial charge in [0.15, 0.2) is 0 Å². The molecule has 7 nitrogen and oxygen atoms in total. The molecule has 2 heterocycles. The van der Waals surface area contributed by atoms with Gasteiger partial charge < -0.3 is 4.74 Å². The van der Waals surface area contributed by atoms with Crippen molar-refractivity contribution in [2.24, 2.45) is 7.05 Å². The van der Waals surface area contributed by atoms with Crippen LogP contribution in [0.1, 0.15) is 64.2 Å². The zero-order chi connectivity index (χ0) is 17.5. The number of nitrogens with zero attached hydrogens (tertiary/aromatic N) is 4. The van der Waals surface area contributed by atoms with E-state index in [0.717, 1.165) is 44.6 Å². The van der Waals surface area contributed by atoms with Crippen molar-refractivity contribution in [2.75, 3.05) is 19.6 Å². The Bertz CT molecular complexity index is 658. The fraction of sp³-hybridized carbons (Fsp3) is 0.824. The minimum Gasteiger partial charge on any atom is -0.459 e.